The molecule has 0 spiro atoms. The van der Waals surface area contributed by atoms with Crippen molar-refractivity contribution in [1.29, 1.82) is 0 Å². The van der Waals surface area contributed by atoms with E-state index in [2.05, 4.69) is 0 Å². The van der Waals surface area contributed by atoms with E-state index in [1.54, 1.807) is 4.90 Å². The Hall–Kier alpha value is -0.0800. The Labute approximate surface area is 57.0 Å². The highest BCUT2D eigenvalue weighted by Gasteiger charge is 2.19. The molecule has 1 heterocycles. The third-order valence-corrected chi connectivity index (χ3v) is 1.88. The molecule has 0 aliphatic carbocycles. The van der Waals surface area contributed by atoms with E-state index in [9.17, 15) is 0 Å². The first kappa shape index (κ1) is 7.03. The van der Waals surface area contributed by atoms with Gasteiger partial charge in [-0.2, -0.15) is 0 Å². The molecule has 1 unspecified atom stereocenters. The van der Waals surface area contributed by atoms with Crippen LogP contribution in [-0.4, -0.2) is 24.0 Å². The molecule has 2 heteroatoms. The van der Waals surface area contributed by atoms with Crippen LogP contribution in [0.3, 0.4) is 0 Å². The first-order valence-corrected chi connectivity index (χ1v) is 3.52. The van der Waals surface area contributed by atoms with E-state index in [1.165, 1.54) is 12.8 Å². The lowest BCUT2D eigenvalue weighted by molar-refractivity contribution is 0.331. The van der Waals surface area contributed by atoms with Crippen LogP contribution in [0.2, 0.25) is 0 Å². The molecule has 0 aromatic rings. The van der Waals surface area contributed by atoms with Gasteiger partial charge in [-0.25, -0.2) is 0 Å². The van der Waals surface area contributed by atoms with Gasteiger partial charge in [0, 0.05) is 6.04 Å². The summed E-state index contributed by atoms with van der Waals surface area (Å²) in [6, 6.07) is 0.454. The van der Waals surface area contributed by atoms with Gasteiger partial charge in [0.05, 0.1) is 7.05 Å². The van der Waals surface area contributed by atoms with Crippen LogP contribution in [-0.2, 0) is 0 Å². The molecule has 0 amide bonds. The van der Waals surface area contributed by atoms with Gasteiger partial charge in [0.25, 0.3) is 0 Å². The maximum atomic E-state index is 7.37. The Morgan fingerprint density at radius 2 is 2.44 bits per heavy atom. The standard InChI is InChI=1S/C7H13N2/c1-9-6-2-3-7(9)4-5-8/h7H,2-6,8H2. The second kappa shape index (κ2) is 3.18. The highest BCUT2D eigenvalue weighted by atomic mass is 15.1. The van der Waals surface area contributed by atoms with Crippen molar-refractivity contribution in [2.45, 2.75) is 25.3 Å². The van der Waals surface area contributed by atoms with Gasteiger partial charge in [0.2, 0.25) is 0 Å². The summed E-state index contributed by atoms with van der Waals surface area (Å²) in [6.07, 6.45) is 3.33. The summed E-state index contributed by atoms with van der Waals surface area (Å²) >= 11 is 0. The average Bonchev–Trinajstić information content (AvgIpc) is 2.18. The molecule has 1 fully saturated rings. The summed E-state index contributed by atoms with van der Waals surface area (Å²) in [5.74, 6) is 0. The molecular formula is C7H13N2. The molecule has 9 heavy (non-hydrogen) atoms. The molecule has 3 radical (unpaired) electrons. The number of hydrogen-bond donors (Lipinski definition) is 1. The Kier molecular flexibility index (Phi) is 2.49. The van der Waals surface area contributed by atoms with Crippen LogP contribution < -0.4 is 5.73 Å². The maximum absolute atomic E-state index is 7.37. The molecule has 0 saturated carbocycles. The lowest BCUT2D eigenvalue weighted by Crippen LogP contribution is -2.25. The van der Waals surface area contributed by atoms with Crippen LogP contribution in [0, 0.1) is 7.05 Å². The molecule has 1 rings (SSSR count). The van der Waals surface area contributed by atoms with E-state index in [4.69, 9.17) is 12.8 Å². The van der Waals surface area contributed by atoms with Crippen molar-refractivity contribution in [1.82, 2.24) is 4.90 Å². The lowest BCUT2D eigenvalue weighted by Gasteiger charge is -2.16. The van der Waals surface area contributed by atoms with Crippen molar-refractivity contribution in [2.75, 3.05) is 13.1 Å². The van der Waals surface area contributed by atoms with Crippen molar-refractivity contribution in [3.05, 3.63) is 7.05 Å². The number of likely N-dealkylation sites (tertiary alicyclic amines) is 1. The van der Waals surface area contributed by atoms with Gasteiger partial charge in [0.1, 0.15) is 0 Å². The van der Waals surface area contributed by atoms with Gasteiger partial charge in [-0.1, -0.05) is 0 Å². The minimum Gasteiger partial charge on any atom is -0.330 e. The Morgan fingerprint density at radius 3 is 2.89 bits per heavy atom. The van der Waals surface area contributed by atoms with Crippen molar-refractivity contribution in [2.24, 2.45) is 5.73 Å². The second-order valence-corrected chi connectivity index (χ2v) is 2.57. The van der Waals surface area contributed by atoms with E-state index in [1.807, 2.05) is 0 Å². The van der Waals surface area contributed by atoms with Crippen LogP contribution in [0.5, 0.6) is 0 Å². The van der Waals surface area contributed by atoms with Gasteiger partial charge in [-0.15, -0.1) is 0 Å². The molecule has 2 nitrogen and oxygen atoms in total. The number of nitrogens with zero attached hydrogens (tertiary/aromatic N) is 1. The molecule has 51 valence electrons. The summed E-state index contributed by atoms with van der Waals surface area (Å²) in [4.78, 5) is 1.66. The van der Waals surface area contributed by atoms with Crippen LogP contribution in [0.4, 0.5) is 0 Å². The topological polar surface area (TPSA) is 29.3 Å². The predicted molar refractivity (Wildman–Crippen MR) is 36.6 cm³/mol. The molecule has 0 bridgehead atoms. The molecule has 1 aliphatic rings. The zero-order chi connectivity index (χ0) is 6.69. The molecule has 1 atom stereocenters. The molecular weight excluding hydrogens is 112 g/mol. The summed E-state index contributed by atoms with van der Waals surface area (Å²) < 4.78 is 0. The Morgan fingerprint density at radius 1 is 1.67 bits per heavy atom. The fourth-order valence-corrected chi connectivity index (χ4v) is 1.33. The van der Waals surface area contributed by atoms with Gasteiger partial charge >= 0.3 is 0 Å². The summed E-state index contributed by atoms with van der Waals surface area (Å²) in [5.41, 5.74) is 5.36. The predicted octanol–water partition coefficient (Wildman–Crippen LogP) is 0.345. The van der Waals surface area contributed by atoms with Gasteiger partial charge in [-0.3, -0.25) is 4.90 Å². The summed E-state index contributed by atoms with van der Waals surface area (Å²) in [5, 5.41) is 0. The Bertz CT molecular complexity index is 83.0. The van der Waals surface area contributed by atoms with E-state index in [0.29, 0.717) is 6.04 Å². The molecule has 1 aliphatic heterocycles. The SMILES string of the molecule is [C]N1CCCC1CCN. The van der Waals surface area contributed by atoms with Crippen molar-refractivity contribution < 1.29 is 0 Å². The number of nitrogens with two attached hydrogens (primary N) is 1. The van der Waals surface area contributed by atoms with Crippen LogP contribution in [0.25, 0.3) is 0 Å². The van der Waals surface area contributed by atoms with E-state index in [0.717, 1.165) is 19.5 Å². The highest BCUT2D eigenvalue weighted by molar-refractivity contribution is 4.78. The van der Waals surface area contributed by atoms with E-state index < -0.39 is 0 Å². The average molecular weight is 125 g/mol. The third-order valence-electron chi connectivity index (χ3n) is 1.88. The van der Waals surface area contributed by atoms with Gasteiger partial charge in [-0.05, 0) is 32.4 Å². The molecule has 2 N–H and O–H groups in total. The fraction of sp³-hybridized carbons (Fsp3) is 0.857. The van der Waals surface area contributed by atoms with Crippen molar-refractivity contribution >= 4 is 0 Å². The highest BCUT2D eigenvalue weighted by Crippen LogP contribution is 2.17. The molecule has 1 saturated heterocycles. The van der Waals surface area contributed by atoms with Crippen molar-refractivity contribution in [3.63, 3.8) is 0 Å². The van der Waals surface area contributed by atoms with Crippen LogP contribution >= 0.6 is 0 Å². The first-order chi connectivity index (χ1) is 4.34. The minimum absolute atomic E-state index is 0.454. The minimum atomic E-state index is 0.454. The van der Waals surface area contributed by atoms with E-state index in [-0.39, 0.29) is 0 Å². The van der Waals surface area contributed by atoms with Crippen LogP contribution in [0.1, 0.15) is 19.3 Å². The summed E-state index contributed by atoms with van der Waals surface area (Å²) in [6.45, 7) is 1.66. The van der Waals surface area contributed by atoms with Gasteiger partial charge < -0.3 is 5.73 Å². The number of hydrogen-bond acceptors (Lipinski definition) is 2. The molecule has 0 aromatic carbocycles. The zero-order valence-electron chi connectivity index (χ0n) is 5.64. The fourth-order valence-electron chi connectivity index (χ4n) is 1.33. The molecule has 0 aromatic heterocycles. The Balaban J connectivity index is 2.22. The van der Waals surface area contributed by atoms with Crippen LogP contribution in [0.15, 0.2) is 0 Å². The summed E-state index contributed by atoms with van der Waals surface area (Å²) in [7, 11) is 7.37. The van der Waals surface area contributed by atoms with Crippen molar-refractivity contribution in [3.8, 4) is 0 Å². The lowest BCUT2D eigenvalue weighted by atomic mass is 10.1. The van der Waals surface area contributed by atoms with Gasteiger partial charge in [0.15, 0.2) is 0 Å². The first-order valence-electron chi connectivity index (χ1n) is 3.52. The monoisotopic (exact) mass is 125 g/mol. The third kappa shape index (κ3) is 1.66. The largest absolute Gasteiger partial charge is 0.330 e. The normalized spacial score (nSPS) is 29.3. The maximum Gasteiger partial charge on any atom is 0.0885 e. The smallest absolute Gasteiger partial charge is 0.0885 e. The zero-order valence-corrected chi connectivity index (χ0v) is 5.64. The quantitative estimate of drug-likeness (QED) is 0.577. The number of rotatable bonds is 2. The second-order valence-electron chi connectivity index (χ2n) is 2.57. The van der Waals surface area contributed by atoms with E-state index >= 15 is 0 Å².